The number of ether oxygens (including phenoxy) is 3. The molecule has 54 heavy (non-hydrogen) atoms. The first-order valence-corrected chi connectivity index (χ1v) is 18.7. The molecule has 2 aromatic heterocycles. The van der Waals surface area contributed by atoms with Crippen molar-refractivity contribution < 1.29 is 23.8 Å². The molecule has 8 rings (SSSR count). The lowest BCUT2D eigenvalue weighted by Crippen LogP contribution is -2.40. The van der Waals surface area contributed by atoms with Crippen LogP contribution in [0.25, 0.3) is 22.7 Å². The third kappa shape index (κ3) is 6.10. The summed E-state index contributed by atoms with van der Waals surface area (Å²) in [4.78, 5) is 49.9. The Kier molecular flexibility index (Phi) is 9.47. The molecule has 6 aromatic rings. The van der Waals surface area contributed by atoms with Crippen LogP contribution in [-0.2, 0) is 27.3 Å². The zero-order valence-electron chi connectivity index (χ0n) is 30.2. The van der Waals surface area contributed by atoms with E-state index in [4.69, 9.17) is 19.2 Å². The molecule has 0 radical (unpaired) electrons. The number of methoxy groups -OCH3 is 2. The summed E-state index contributed by atoms with van der Waals surface area (Å²) in [6.07, 6.45) is 5.64. The van der Waals surface area contributed by atoms with Crippen molar-refractivity contribution in [3.8, 4) is 11.5 Å². The van der Waals surface area contributed by atoms with Gasteiger partial charge < -0.3 is 23.7 Å². The van der Waals surface area contributed by atoms with Gasteiger partial charge >= 0.3 is 5.97 Å². The van der Waals surface area contributed by atoms with Gasteiger partial charge in [0, 0.05) is 46.0 Å². The van der Waals surface area contributed by atoms with E-state index in [0.717, 1.165) is 35.0 Å². The lowest BCUT2D eigenvalue weighted by Gasteiger charge is -2.29. The van der Waals surface area contributed by atoms with Gasteiger partial charge in [0.05, 0.1) is 36.6 Å². The number of carbonyl (C=O) groups is 2. The number of benzene rings is 4. The van der Waals surface area contributed by atoms with Gasteiger partial charge in [-0.2, -0.15) is 0 Å². The van der Waals surface area contributed by atoms with Crippen molar-refractivity contribution in [1.29, 1.82) is 0 Å². The first-order chi connectivity index (χ1) is 26.4. The molecule has 4 heterocycles. The van der Waals surface area contributed by atoms with Crippen molar-refractivity contribution in [2.75, 3.05) is 32.3 Å². The Morgan fingerprint density at radius 1 is 0.926 bits per heavy atom. The molecule has 0 bridgehead atoms. The number of para-hydroxylation sites is 3. The van der Waals surface area contributed by atoms with Crippen molar-refractivity contribution in [3.05, 3.63) is 151 Å². The number of fused-ring (bicyclic) bond motifs is 3. The van der Waals surface area contributed by atoms with Crippen LogP contribution in [0.1, 0.15) is 41.6 Å². The summed E-state index contributed by atoms with van der Waals surface area (Å²) in [5, 5.41) is 0.901. The van der Waals surface area contributed by atoms with Gasteiger partial charge in [-0.3, -0.25) is 14.2 Å². The Balaban J connectivity index is 1.30. The monoisotopic (exact) mass is 738 g/mol. The fourth-order valence-corrected chi connectivity index (χ4v) is 8.54. The highest BCUT2D eigenvalue weighted by atomic mass is 32.1. The molecule has 1 atom stereocenters. The second kappa shape index (κ2) is 14.7. The van der Waals surface area contributed by atoms with E-state index >= 15 is 0 Å². The highest BCUT2D eigenvalue weighted by Crippen LogP contribution is 2.42. The van der Waals surface area contributed by atoms with Crippen LogP contribution in [0.4, 0.5) is 5.69 Å². The molecule has 0 saturated carbocycles. The Morgan fingerprint density at radius 3 is 2.50 bits per heavy atom. The summed E-state index contributed by atoms with van der Waals surface area (Å²) in [6.45, 7) is 2.68. The molecule has 272 valence electrons. The number of rotatable bonds is 9. The number of thiazole rings is 1. The summed E-state index contributed by atoms with van der Waals surface area (Å²) in [5.74, 6) is 0.253. The molecule has 0 unspecified atom stereocenters. The van der Waals surface area contributed by atoms with E-state index in [1.807, 2.05) is 101 Å². The number of nitrogens with zero attached hydrogens (tertiary/aromatic N) is 4. The quantitative estimate of drug-likeness (QED) is 0.172. The third-order valence-electron chi connectivity index (χ3n) is 9.92. The van der Waals surface area contributed by atoms with Crippen LogP contribution in [0.2, 0.25) is 0 Å². The number of amides is 1. The number of aryl methyl sites for hydroxylation is 1. The van der Waals surface area contributed by atoms with Crippen molar-refractivity contribution >= 4 is 51.6 Å². The average Bonchev–Trinajstić information content (AvgIpc) is 3.72. The fourth-order valence-electron chi connectivity index (χ4n) is 7.55. The summed E-state index contributed by atoms with van der Waals surface area (Å²) in [6, 6.07) is 29.8. The predicted molar refractivity (Wildman–Crippen MR) is 210 cm³/mol. The van der Waals surface area contributed by atoms with Gasteiger partial charge in [-0.15, -0.1) is 0 Å². The Bertz CT molecular complexity index is 2640. The minimum absolute atomic E-state index is 0.000925. The molecular formula is C43H38N4O6S. The summed E-state index contributed by atoms with van der Waals surface area (Å²) in [5.41, 5.74) is 5.34. The zero-order valence-corrected chi connectivity index (χ0v) is 31.0. The summed E-state index contributed by atoms with van der Waals surface area (Å²) in [7, 11) is 3.07. The van der Waals surface area contributed by atoms with E-state index in [-0.39, 0.29) is 30.2 Å². The number of anilines is 1. The van der Waals surface area contributed by atoms with Gasteiger partial charge in [0.25, 0.3) is 5.56 Å². The van der Waals surface area contributed by atoms with Crippen molar-refractivity contribution in [2.24, 2.45) is 4.99 Å². The maximum absolute atomic E-state index is 14.7. The van der Waals surface area contributed by atoms with E-state index in [1.54, 1.807) is 30.7 Å². The molecule has 1 amide bonds. The smallest absolute Gasteiger partial charge is 0.338 e. The normalized spacial score (nSPS) is 15.4. The first-order valence-electron chi connectivity index (χ1n) is 17.9. The number of hydrogen-bond acceptors (Lipinski definition) is 8. The molecule has 0 spiro atoms. The van der Waals surface area contributed by atoms with Crippen molar-refractivity contribution in [2.45, 2.75) is 32.4 Å². The highest BCUT2D eigenvalue weighted by Gasteiger charge is 2.37. The Morgan fingerprint density at radius 2 is 1.70 bits per heavy atom. The largest absolute Gasteiger partial charge is 0.493 e. The second-order valence-corrected chi connectivity index (χ2v) is 14.0. The lowest BCUT2D eigenvalue weighted by atomic mass is 9.92. The SMILES string of the molecule is CCOC(=O)C1=C(c2ccccc2)N=c2sc(=Cc3cn(CC(=O)N4CCCc5ccccc54)c4ccccc34)c(=O)n2[C@H]1c1cccc(OC)c1OC. The van der Waals surface area contributed by atoms with Gasteiger partial charge in [-0.05, 0) is 49.6 Å². The molecule has 0 fully saturated rings. The highest BCUT2D eigenvalue weighted by molar-refractivity contribution is 7.07. The Labute approximate surface area is 315 Å². The molecular weight excluding hydrogens is 701 g/mol. The van der Waals surface area contributed by atoms with Gasteiger partial charge in [0.2, 0.25) is 5.91 Å². The molecule has 11 heteroatoms. The van der Waals surface area contributed by atoms with Gasteiger partial charge in [-0.25, -0.2) is 9.79 Å². The number of hydrogen-bond donors (Lipinski definition) is 0. The van der Waals surface area contributed by atoms with E-state index in [9.17, 15) is 14.4 Å². The van der Waals surface area contributed by atoms with Crippen LogP contribution in [-0.4, -0.2) is 48.4 Å². The molecule has 2 aliphatic heterocycles. The van der Waals surface area contributed by atoms with Crippen LogP contribution >= 0.6 is 11.3 Å². The third-order valence-corrected chi connectivity index (χ3v) is 10.9. The number of esters is 1. The standard InChI is InChI=1S/C43H38N4O6S/c1-4-53-42(50)37-38(28-15-6-5-7-16-28)44-43-47(39(37)31-19-12-22-34(51-2)40(31)52-3)41(49)35(54-43)24-29-25-45(33-21-11-9-18-30(29)33)26-36(48)46-23-13-17-27-14-8-10-20-32(27)46/h5-12,14-16,18-22,24-25,39H,4,13,17,23,26H2,1-3H3/t39-/m0/s1. The van der Waals surface area contributed by atoms with E-state index < -0.39 is 12.0 Å². The second-order valence-electron chi connectivity index (χ2n) is 13.0. The number of carbonyl (C=O) groups excluding carboxylic acids is 2. The minimum Gasteiger partial charge on any atom is -0.493 e. The molecule has 0 aliphatic carbocycles. The molecule has 0 saturated heterocycles. The van der Waals surface area contributed by atoms with Crippen LogP contribution in [0.5, 0.6) is 11.5 Å². The fraction of sp³-hybridized carbons (Fsp3) is 0.209. The van der Waals surface area contributed by atoms with Gasteiger partial charge in [0.15, 0.2) is 16.3 Å². The number of aromatic nitrogens is 2. The molecule has 4 aromatic carbocycles. The molecule has 10 nitrogen and oxygen atoms in total. The van der Waals surface area contributed by atoms with E-state index in [0.29, 0.717) is 44.2 Å². The van der Waals surface area contributed by atoms with E-state index in [2.05, 4.69) is 6.07 Å². The lowest BCUT2D eigenvalue weighted by molar-refractivity contribution is -0.138. The predicted octanol–water partition coefficient (Wildman–Crippen LogP) is 5.89. The summed E-state index contributed by atoms with van der Waals surface area (Å²) < 4.78 is 21.1. The van der Waals surface area contributed by atoms with Gasteiger partial charge in [0.1, 0.15) is 12.6 Å². The maximum atomic E-state index is 14.7. The van der Waals surface area contributed by atoms with Crippen LogP contribution < -0.4 is 29.3 Å². The Hall–Kier alpha value is -6.20. The molecule has 2 aliphatic rings. The van der Waals surface area contributed by atoms with E-state index in [1.165, 1.54) is 24.0 Å². The van der Waals surface area contributed by atoms with Crippen LogP contribution in [0.15, 0.2) is 119 Å². The topological polar surface area (TPSA) is 104 Å². The van der Waals surface area contributed by atoms with Crippen molar-refractivity contribution in [3.63, 3.8) is 0 Å². The van der Waals surface area contributed by atoms with Gasteiger partial charge in [-0.1, -0.05) is 90.2 Å². The molecule has 0 N–H and O–H groups in total. The summed E-state index contributed by atoms with van der Waals surface area (Å²) >= 11 is 1.24. The first kappa shape index (κ1) is 34.9. The van der Waals surface area contributed by atoms with Crippen molar-refractivity contribution in [1.82, 2.24) is 9.13 Å². The zero-order chi connectivity index (χ0) is 37.3. The average molecular weight is 739 g/mol. The van der Waals surface area contributed by atoms with Crippen LogP contribution in [0, 0.1) is 0 Å². The maximum Gasteiger partial charge on any atom is 0.338 e. The minimum atomic E-state index is -0.950. The van der Waals surface area contributed by atoms with Crippen LogP contribution in [0.3, 0.4) is 0 Å².